The molecule has 0 spiro atoms. The first kappa shape index (κ1) is 19.8. The van der Waals surface area contributed by atoms with E-state index < -0.39 is 0 Å². The monoisotopic (exact) mass is 374 g/mol. The van der Waals surface area contributed by atoms with Gasteiger partial charge in [0.25, 0.3) is 5.91 Å². The van der Waals surface area contributed by atoms with Gasteiger partial charge >= 0.3 is 0 Å². The molecular weight excluding hydrogens is 352 g/mol. The van der Waals surface area contributed by atoms with Crippen LogP contribution in [0.15, 0.2) is 36.4 Å². The van der Waals surface area contributed by atoms with Crippen LogP contribution >= 0.6 is 11.6 Å². The van der Waals surface area contributed by atoms with Crippen molar-refractivity contribution in [3.63, 3.8) is 0 Å². The maximum atomic E-state index is 12.2. The first-order chi connectivity index (χ1) is 12.4. The molecule has 26 heavy (non-hydrogen) atoms. The Morgan fingerprint density at radius 2 is 1.85 bits per heavy atom. The van der Waals surface area contributed by atoms with E-state index in [-0.39, 0.29) is 11.8 Å². The van der Waals surface area contributed by atoms with E-state index in [9.17, 15) is 9.59 Å². The Morgan fingerprint density at radius 1 is 1.08 bits per heavy atom. The summed E-state index contributed by atoms with van der Waals surface area (Å²) in [6.45, 7) is 6.24. The first-order valence-electron chi connectivity index (χ1n) is 8.42. The molecule has 0 fully saturated rings. The lowest BCUT2D eigenvalue weighted by Gasteiger charge is -2.11. The van der Waals surface area contributed by atoms with Crippen LogP contribution in [0.1, 0.15) is 34.8 Å². The number of nitrogens with one attached hydrogen (secondary N) is 2. The fraction of sp³-hybridized carbons (Fsp3) is 0.300. The SMILES string of the molecule is CC(=O)Nc1cc(C(=O)NCCCOc2ccc(Cl)cc2C)ccc1C. The number of hydrogen-bond donors (Lipinski definition) is 2. The van der Waals surface area contributed by atoms with E-state index >= 15 is 0 Å². The summed E-state index contributed by atoms with van der Waals surface area (Å²) in [7, 11) is 0. The van der Waals surface area contributed by atoms with Crippen molar-refractivity contribution in [1.82, 2.24) is 5.32 Å². The Balaban J connectivity index is 1.80. The summed E-state index contributed by atoms with van der Waals surface area (Å²) >= 11 is 5.92. The number of aryl methyl sites for hydroxylation is 2. The Bertz CT molecular complexity index is 806. The molecule has 0 radical (unpaired) electrons. The maximum absolute atomic E-state index is 12.2. The summed E-state index contributed by atoms with van der Waals surface area (Å²) in [5.41, 5.74) is 3.04. The summed E-state index contributed by atoms with van der Waals surface area (Å²) in [6.07, 6.45) is 0.679. The zero-order valence-corrected chi connectivity index (χ0v) is 15.9. The van der Waals surface area contributed by atoms with Crippen LogP contribution in [0, 0.1) is 13.8 Å². The summed E-state index contributed by atoms with van der Waals surface area (Å²) in [5.74, 6) is 0.443. The third kappa shape index (κ3) is 5.77. The number of rotatable bonds is 7. The highest BCUT2D eigenvalue weighted by atomic mass is 35.5. The van der Waals surface area contributed by atoms with E-state index in [0.717, 1.165) is 16.9 Å². The molecule has 0 aliphatic carbocycles. The second kappa shape index (κ2) is 9.25. The average molecular weight is 375 g/mol. The van der Waals surface area contributed by atoms with Gasteiger partial charge in [-0.1, -0.05) is 17.7 Å². The van der Waals surface area contributed by atoms with Crippen LogP contribution in [0.2, 0.25) is 5.02 Å². The number of amides is 2. The number of halogens is 1. The largest absolute Gasteiger partial charge is 0.493 e. The molecule has 0 aromatic heterocycles. The van der Waals surface area contributed by atoms with Crippen molar-refractivity contribution >= 4 is 29.1 Å². The van der Waals surface area contributed by atoms with Crippen LogP contribution in [-0.2, 0) is 4.79 Å². The molecule has 0 saturated carbocycles. The van der Waals surface area contributed by atoms with Crippen LogP contribution in [0.25, 0.3) is 0 Å². The van der Waals surface area contributed by atoms with Crippen LogP contribution < -0.4 is 15.4 Å². The van der Waals surface area contributed by atoms with Crippen molar-refractivity contribution in [2.24, 2.45) is 0 Å². The van der Waals surface area contributed by atoms with E-state index in [2.05, 4.69) is 10.6 Å². The minimum atomic E-state index is -0.181. The number of anilines is 1. The number of ether oxygens (including phenoxy) is 1. The standard InChI is InChI=1S/C20H23ClN2O3/c1-13-5-6-16(12-18(13)23-15(3)24)20(25)22-9-4-10-26-19-8-7-17(21)11-14(19)2/h5-8,11-12H,4,9-10H2,1-3H3,(H,22,25)(H,23,24). The quantitative estimate of drug-likeness (QED) is 0.716. The number of benzene rings is 2. The molecule has 0 saturated heterocycles. The molecule has 0 aliphatic heterocycles. The van der Waals surface area contributed by atoms with Gasteiger partial charge in [-0.25, -0.2) is 0 Å². The average Bonchev–Trinajstić information content (AvgIpc) is 2.57. The summed E-state index contributed by atoms with van der Waals surface area (Å²) in [6, 6.07) is 10.7. The van der Waals surface area contributed by atoms with Crippen LogP contribution in [-0.4, -0.2) is 25.0 Å². The van der Waals surface area contributed by atoms with Gasteiger partial charge in [0.15, 0.2) is 0 Å². The van der Waals surface area contributed by atoms with Crippen molar-refractivity contribution < 1.29 is 14.3 Å². The molecule has 0 atom stereocenters. The highest BCUT2D eigenvalue weighted by Crippen LogP contribution is 2.21. The van der Waals surface area contributed by atoms with E-state index in [1.807, 2.05) is 32.0 Å². The Kier molecular flexibility index (Phi) is 7.04. The second-order valence-electron chi connectivity index (χ2n) is 6.08. The number of carbonyl (C=O) groups excluding carboxylic acids is 2. The summed E-state index contributed by atoms with van der Waals surface area (Å²) in [5, 5.41) is 6.26. The van der Waals surface area contributed by atoms with Crippen LogP contribution in [0.5, 0.6) is 5.75 Å². The minimum Gasteiger partial charge on any atom is -0.493 e. The fourth-order valence-electron chi connectivity index (χ4n) is 2.42. The Hall–Kier alpha value is -2.53. The lowest BCUT2D eigenvalue weighted by Crippen LogP contribution is -2.25. The van der Waals surface area contributed by atoms with Gasteiger partial charge < -0.3 is 15.4 Å². The van der Waals surface area contributed by atoms with Crippen molar-refractivity contribution in [3.8, 4) is 5.75 Å². The lowest BCUT2D eigenvalue weighted by molar-refractivity contribution is -0.114. The zero-order chi connectivity index (χ0) is 19.1. The van der Waals surface area contributed by atoms with Gasteiger partial charge in [0, 0.05) is 29.7 Å². The van der Waals surface area contributed by atoms with Gasteiger partial charge in [0.2, 0.25) is 5.91 Å². The molecule has 2 N–H and O–H groups in total. The van der Waals surface area contributed by atoms with Gasteiger partial charge in [0.1, 0.15) is 5.75 Å². The van der Waals surface area contributed by atoms with Gasteiger partial charge in [-0.15, -0.1) is 0 Å². The third-order valence-electron chi connectivity index (χ3n) is 3.81. The number of hydrogen-bond acceptors (Lipinski definition) is 3. The van der Waals surface area contributed by atoms with Gasteiger partial charge in [-0.05, 0) is 61.7 Å². The van der Waals surface area contributed by atoms with Crippen LogP contribution in [0.3, 0.4) is 0 Å². The smallest absolute Gasteiger partial charge is 0.251 e. The van der Waals surface area contributed by atoms with E-state index in [1.165, 1.54) is 6.92 Å². The molecule has 2 aromatic rings. The topological polar surface area (TPSA) is 67.4 Å². The van der Waals surface area contributed by atoms with Gasteiger partial charge in [-0.2, -0.15) is 0 Å². The summed E-state index contributed by atoms with van der Waals surface area (Å²) in [4.78, 5) is 23.5. The van der Waals surface area contributed by atoms with E-state index in [0.29, 0.717) is 35.8 Å². The fourth-order valence-corrected chi connectivity index (χ4v) is 2.65. The molecule has 2 amide bonds. The normalized spacial score (nSPS) is 10.3. The molecule has 2 rings (SSSR count). The molecule has 5 nitrogen and oxygen atoms in total. The van der Waals surface area contributed by atoms with Crippen molar-refractivity contribution in [2.45, 2.75) is 27.2 Å². The molecule has 6 heteroatoms. The molecule has 0 heterocycles. The predicted octanol–water partition coefficient (Wildman–Crippen LogP) is 4.11. The first-order valence-corrected chi connectivity index (χ1v) is 8.80. The molecular formula is C20H23ClN2O3. The Labute approximate surface area is 158 Å². The highest BCUT2D eigenvalue weighted by molar-refractivity contribution is 6.30. The van der Waals surface area contributed by atoms with Crippen molar-refractivity contribution in [1.29, 1.82) is 0 Å². The second-order valence-corrected chi connectivity index (χ2v) is 6.52. The van der Waals surface area contributed by atoms with Crippen molar-refractivity contribution in [2.75, 3.05) is 18.5 Å². The van der Waals surface area contributed by atoms with Crippen molar-refractivity contribution in [3.05, 3.63) is 58.1 Å². The molecule has 0 bridgehead atoms. The lowest BCUT2D eigenvalue weighted by atomic mass is 10.1. The van der Waals surface area contributed by atoms with E-state index in [1.54, 1.807) is 18.2 Å². The number of carbonyl (C=O) groups is 2. The molecule has 0 unspecified atom stereocenters. The van der Waals surface area contributed by atoms with Gasteiger partial charge in [0.05, 0.1) is 6.61 Å². The molecule has 138 valence electrons. The predicted molar refractivity (Wildman–Crippen MR) is 104 cm³/mol. The van der Waals surface area contributed by atoms with E-state index in [4.69, 9.17) is 16.3 Å². The Morgan fingerprint density at radius 3 is 2.54 bits per heavy atom. The minimum absolute atomic E-state index is 0.166. The summed E-state index contributed by atoms with van der Waals surface area (Å²) < 4.78 is 5.70. The van der Waals surface area contributed by atoms with Gasteiger partial charge in [-0.3, -0.25) is 9.59 Å². The zero-order valence-electron chi connectivity index (χ0n) is 15.2. The highest BCUT2D eigenvalue weighted by Gasteiger charge is 2.09. The molecule has 0 aliphatic rings. The third-order valence-corrected chi connectivity index (χ3v) is 4.05. The van der Waals surface area contributed by atoms with Crippen LogP contribution in [0.4, 0.5) is 5.69 Å². The maximum Gasteiger partial charge on any atom is 0.251 e. The molecule has 2 aromatic carbocycles.